The lowest BCUT2D eigenvalue weighted by atomic mass is 10.1. The zero-order valence-electron chi connectivity index (χ0n) is 13.7. The molecule has 0 saturated heterocycles. The van der Waals surface area contributed by atoms with Crippen molar-refractivity contribution in [3.05, 3.63) is 0 Å². The molecule has 0 aliphatic carbocycles. The molecule has 0 aliphatic rings. The van der Waals surface area contributed by atoms with E-state index in [2.05, 4.69) is 10.9 Å². The van der Waals surface area contributed by atoms with Gasteiger partial charge in [-0.1, -0.05) is 25.7 Å². The van der Waals surface area contributed by atoms with Crippen LogP contribution in [0.1, 0.15) is 72.1 Å². The highest BCUT2D eigenvalue weighted by Gasteiger charge is 2.16. The Hall–Kier alpha value is -1.79. The fraction of sp³-hybridized carbons (Fsp3) is 0.800. The molecule has 0 bridgehead atoms. The molecule has 0 fully saturated rings. The SMILES string of the molecule is CC(C)(C)OC(=O)NNC(=O)CCCCCCCCC(=O)O. The maximum Gasteiger partial charge on any atom is 0.426 e. The molecule has 3 N–H and O–H groups in total. The standard InChI is InChI=1S/C15H28N2O5/c1-15(2,3)22-14(21)17-16-12(18)10-8-6-4-5-7-9-11-13(19)20/h4-11H2,1-3H3,(H,16,18)(H,17,21)(H,19,20). The fourth-order valence-electron chi connectivity index (χ4n) is 1.76. The van der Waals surface area contributed by atoms with Gasteiger partial charge < -0.3 is 9.84 Å². The Morgan fingerprint density at radius 3 is 1.86 bits per heavy atom. The van der Waals surface area contributed by atoms with Crippen LogP contribution in [0.2, 0.25) is 0 Å². The van der Waals surface area contributed by atoms with Crippen molar-refractivity contribution in [2.24, 2.45) is 0 Å². The molecule has 7 heteroatoms. The van der Waals surface area contributed by atoms with Crippen molar-refractivity contribution < 1.29 is 24.2 Å². The minimum Gasteiger partial charge on any atom is -0.481 e. The van der Waals surface area contributed by atoms with E-state index < -0.39 is 17.7 Å². The third-order valence-electron chi connectivity index (χ3n) is 2.75. The molecule has 2 amide bonds. The number of hydrogen-bond donors (Lipinski definition) is 3. The van der Waals surface area contributed by atoms with Crippen molar-refractivity contribution in [2.45, 2.75) is 77.7 Å². The van der Waals surface area contributed by atoms with Crippen LogP contribution >= 0.6 is 0 Å². The fourth-order valence-corrected chi connectivity index (χ4v) is 1.76. The second-order valence-electron chi connectivity index (χ2n) is 6.19. The maximum absolute atomic E-state index is 11.5. The molecule has 0 aromatic heterocycles. The third-order valence-corrected chi connectivity index (χ3v) is 2.75. The van der Waals surface area contributed by atoms with Crippen LogP contribution in [-0.2, 0) is 14.3 Å². The van der Waals surface area contributed by atoms with E-state index in [1.165, 1.54) is 0 Å². The van der Waals surface area contributed by atoms with Crippen LogP contribution in [0, 0.1) is 0 Å². The van der Waals surface area contributed by atoms with E-state index in [9.17, 15) is 14.4 Å². The number of hydrazine groups is 1. The summed E-state index contributed by atoms with van der Waals surface area (Å²) in [6.07, 6.45) is 5.09. The van der Waals surface area contributed by atoms with Gasteiger partial charge in [0.2, 0.25) is 5.91 Å². The minimum atomic E-state index is -0.755. The molecule has 0 unspecified atom stereocenters. The number of nitrogens with one attached hydrogen (secondary N) is 2. The molecule has 0 aliphatic heterocycles. The highest BCUT2D eigenvalue weighted by molar-refractivity contribution is 5.79. The lowest BCUT2D eigenvalue weighted by Gasteiger charge is -2.19. The van der Waals surface area contributed by atoms with Crippen molar-refractivity contribution in [3.63, 3.8) is 0 Å². The normalized spacial score (nSPS) is 10.9. The second-order valence-corrected chi connectivity index (χ2v) is 6.19. The number of carboxylic acid groups (broad SMARTS) is 1. The summed E-state index contributed by atoms with van der Waals surface area (Å²) >= 11 is 0. The van der Waals surface area contributed by atoms with Gasteiger partial charge in [0.15, 0.2) is 0 Å². The van der Waals surface area contributed by atoms with Crippen molar-refractivity contribution in [1.29, 1.82) is 0 Å². The van der Waals surface area contributed by atoms with Crippen molar-refractivity contribution in [3.8, 4) is 0 Å². The summed E-state index contributed by atoms with van der Waals surface area (Å²) in [5.41, 5.74) is 3.90. The summed E-state index contributed by atoms with van der Waals surface area (Å²) < 4.78 is 4.98. The molecule has 0 rings (SSSR count). The second kappa shape index (κ2) is 10.9. The highest BCUT2D eigenvalue weighted by Crippen LogP contribution is 2.08. The highest BCUT2D eigenvalue weighted by atomic mass is 16.6. The molecule has 0 saturated carbocycles. The molecule has 0 radical (unpaired) electrons. The monoisotopic (exact) mass is 316 g/mol. The lowest BCUT2D eigenvalue weighted by molar-refractivity contribution is -0.137. The molecule has 0 aromatic carbocycles. The predicted octanol–water partition coefficient (Wildman–Crippen LogP) is 2.75. The Morgan fingerprint density at radius 2 is 1.36 bits per heavy atom. The van der Waals surface area contributed by atoms with Crippen molar-refractivity contribution >= 4 is 18.0 Å². The van der Waals surface area contributed by atoms with Gasteiger partial charge >= 0.3 is 12.1 Å². The number of rotatable bonds is 9. The molecule has 0 atom stereocenters. The smallest absolute Gasteiger partial charge is 0.426 e. The summed E-state index contributed by atoms with van der Waals surface area (Å²) in [5.74, 6) is -1.01. The first-order valence-electron chi connectivity index (χ1n) is 7.70. The number of hydrogen-bond acceptors (Lipinski definition) is 4. The van der Waals surface area contributed by atoms with E-state index in [0.29, 0.717) is 12.8 Å². The van der Waals surface area contributed by atoms with Gasteiger partial charge in [-0.15, -0.1) is 0 Å². The van der Waals surface area contributed by atoms with Crippen LogP contribution in [0.3, 0.4) is 0 Å². The molecular formula is C15H28N2O5. The number of carboxylic acids is 1. The van der Waals surface area contributed by atoms with Crippen LogP contribution in [0.25, 0.3) is 0 Å². The van der Waals surface area contributed by atoms with Crippen LogP contribution in [0.5, 0.6) is 0 Å². The van der Waals surface area contributed by atoms with Gasteiger partial charge in [0, 0.05) is 12.8 Å². The topological polar surface area (TPSA) is 105 Å². The number of ether oxygens (including phenoxy) is 1. The van der Waals surface area contributed by atoms with Crippen molar-refractivity contribution in [1.82, 2.24) is 10.9 Å². The number of amides is 2. The van der Waals surface area contributed by atoms with Gasteiger partial charge in [-0.05, 0) is 33.6 Å². The van der Waals surface area contributed by atoms with E-state index in [4.69, 9.17) is 9.84 Å². The molecule has 0 heterocycles. The predicted molar refractivity (Wildman–Crippen MR) is 82.1 cm³/mol. The zero-order valence-corrected chi connectivity index (χ0v) is 13.7. The van der Waals surface area contributed by atoms with Crippen LogP contribution in [0.4, 0.5) is 4.79 Å². The Balaban J connectivity index is 3.47. The summed E-state index contributed by atoms with van der Waals surface area (Å²) in [4.78, 5) is 33.1. The van der Waals surface area contributed by atoms with Gasteiger partial charge in [0.1, 0.15) is 5.60 Å². The molecule has 0 aromatic rings. The van der Waals surface area contributed by atoms with Gasteiger partial charge in [-0.2, -0.15) is 0 Å². The number of aliphatic carboxylic acids is 1. The first kappa shape index (κ1) is 20.2. The Morgan fingerprint density at radius 1 is 0.864 bits per heavy atom. The molecule has 0 spiro atoms. The van der Waals surface area contributed by atoms with E-state index in [1.807, 2.05) is 0 Å². The molecular weight excluding hydrogens is 288 g/mol. The number of unbranched alkanes of at least 4 members (excludes halogenated alkanes) is 5. The molecule has 128 valence electrons. The Bertz CT molecular complexity index is 363. The summed E-state index contributed by atoms with van der Waals surface area (Å²) in [6, 6.07) is 0. The van der Waals surface area contributed by atoms with Crippen LogP contribution < -0.4 is 10.9 Å². The van der Waals surface area contributed by atoms with Gasteiger partial charge in [0.05, 0.1) is 0 Å². The zero-order chi connectivity index (χ0) is 17.0. The Labute approximate surface area is 131 Å². The lowest BCUT2D eigenvalue weighted by Crippen LogP contribution is -2.44. The van der Waals surface area contributed by atoms with E-state index in [-0.39, 0.29) is 12.3 Å². The van der Waals surface area contributed by atoms with Gasteiger partial charge in [-0.3, -0.25) is 15.0 Å². The summed E-state index contributed by atoms with van der Waals surface area (Å²) in [6.45, 7) is 5.22. The van der Waals surface area contributed by atoms with Gasteiger partial charge in [0.25, 0.3) is 0 Å². The number of carbonyl (C=O) groups excluding carboxylic acids is 2. The quantitative estimate of drug-likeness (QED) is 0.448. The van der Waals surface area contributed by atoms with Crippen LogP contribution in [0.15, 0.2) is 0 Å². The van der Waals surface area contributed by atoms with E-state index in [1.54, 1.807) is 20.8 Å². The third kappa shape index (κ3) is 14.6. The van der Waals surface area contributed by atoms with Crippen LogP contribution in [-0.4, -0.2) is 28.7 Å². The Kier molecular flexibility index (Phi) is 9.98. The molecule has 7 nitrogen and oxygen atoms in total. The maximum atomic E-state index is 11.5. The largest absolute Gasteiger partial charge is 0.481 e. The van der Waals surface area contributed by atoms with Gasteiger partial charge in [-0.25, -0.2) is 10.2 Å². The average Bonchev–Trinajstić information content (AvgIpc) is 2.37. The van der Waals surface area contributed by atoms with E-state index in [0.717, 1.165) is 32.1 Å². The summed E-state index contributed by atoms with van der Waals surface area (Å²) in [5, 5.41) is 8.48. The first-order chi connectivity index (χ1) is 10.2. The van der Waals surface area contributed by atoms with Crippen molar-refractivity contribution in [2.75, 3.05) is 0 Å². The average molecular weight is 316 g/mol. The van der Waals surface area contributed by atoms with E-state index >= 15 is 0 Å². The summed E-state index contributed by atoms with van der Waals surface area (Å²) in [7, 11) is 0. The first-order valence-corrected chi connectivity index (χ1v) is 7.70. The number of carbonyl (C=O) groups is 3. The minimum absolute atomic E-state index is 0.221. The molecule has 22 heavy (non-hydrogen) atoms.